The van der Waals surface area contributed by atoms with Crippen molar-refractivity contribution in [2.24, 2.45) is 0 Å². The highest BCUT2D eigenvalue weighted by molar-refractivity contribution is 4.97. The molecule has 0 unspecified atom stereocenters. The van der Waals surface area contributed by atoms with Crippen LogP contribution in [0.1, 0.15) is 13.8 Å². The molecule has 2 nitrogen and oxygen atoms in total. The lowest BCUT2D eigenvalue weighted by Gasteiger charge is -1.89. The lowest BCUT2D eigenvalue weighted by atomic mass is 10.3. The zero-order valence-electron chi connectivity index (χ0n) is 4.39. The summed E-state index contributed by atoms with van der Waals surface area (Å²) >= 11 is 0. The molecule has 0 aliphatic rings. The average molecular weight is 94.1 g/mol. The van der Waals surface area contributed by atoms with Crippen molar-refractivity contribution in [2.45, 2.75) is 19.5 Å². The second-order valence-electron chi connectivity index (χ2n) is 1.72. The van der Waals surface area contributed by atoms with Crippen LogP contribution in [0.3, 0.4) is 0 Å². The van der Waals surface area contributed by atoms with Gasteiger partial charge in [0.25, 0.3) is 0 Å². The molecule has 0 bridgehead atoms. The van der Waals surface area contributed by atoms with E-state index in [1.807, 2.05) is 0 Å². The van der Waals surface area contributed by atoms with Gasteiger partial charge in [0.2, 0.25) is 0 Å². The molecule has 0 N–H and O–H groups in total. The number of nitrogens with zero attached hydrogens (tertiary/aromatic N) is 2. The summed E-state index contributed by atoms with van der Waals surface area (Å²) in [4.78, 5) is 6.07. The van der Waals surface area contributed by atoms with E-state index in [1.165, 1.54) is 0 Å². The van der Waals surface area contributed by atoms with Crippen LogP contribution >= 0.6 is 0 Å². The maximum absolute atomic E-state index is 6.42. The van der Waals surface area contributed by atoms with E-state index in [1.54, 1.807) is 13.8 Å². The van der Waals surface area contributed by atoms with Crippen LogP contribution in [0.2, 0.25) is 0 Å². The minimum absolute atomic E-state index is 0.833. The molecule has 0 aromatic carbocycles. The Bertz CT molecular complexity index is 117. The highest BCUT2D eigenvalue weighted by atomic mass is 15.0. The zero-order valence-corrected chi connectivity index (χ0v) is 4.39. The fraction of sp³-hybridized carbons (Fsp3) is 0.600. The second-order valence-corrected chi connectivity index (χ2v) is 1.72. The van der Waals surface area contributed by atoms with Crippen molar-refractivity contribution in [1.29, 1.82) is 0 Å². The third-order valence-electron chi connectivity index (χ3n) is 0.547. The summed E-state index contributed by atoms with van der Waals surface area (Å²) in [7, 11) is 0. The van der Waals surface area contributed by atoms with Crippen LogP contribution in [0.25, 0.3) is 9.69 Å². The third-order valence-corrected chi connectivity index (χ3v) is 0.547. The van der Waals surface area contributed by atoms with E-state index in [2.05, 4.69) is 9.69 Å². The van der Waals surface area contributed by atoms with E-state index in [0.717, 1.165) is 0 Å². The van der Waals surface area contributed by atoms with Gasteiger partial charge in [-0.15, -0.1) is 0 Å². The summed E-state index contributed by atoms with van der Waals surface area (Å²) in [6, 6.07) is 0. The van der Waals surface area contributed by atoms with Gasteiger partial charge < -0.3 is 0 Å². The molecule has 0 spiro atoms. The molecule has 0 amide bonds. The van der Waals surface area contributed by atoms with E-state index in [-0.39, 0.29) is 0 Å². The van der Waals surface area contributed by atoms with E-state index in [0.29, 0.717) is 0 Å². The molecule has 0 radical (unpaired) electrons. The molecule has 7 heavy (non-hydrogen) atoms. The fourth-order valence-corrected chi connectivity index (χ4v) is 0.0250. The fourth-order valence-electron chi connectivity index (χ4n) is 0.0250. The van der Waals surface area contributed by atoms with Gasteiger partial charge in [-0.25, -0.2) is 22.8 Å². The highest BCUT2D eigenvalue weighted by Crippen LogP contribution is 2.07. The summed E-state index contributed by atoms with van der Waals surface area (Å²) in [6.45, 7) is 16.0. The van der Waals surface area contributed by atoms with Crippen LogP contribution in [0.4, 0.5) is 0 Å². The van der Waals surface area contributed by atoms with Gasteiger partial charge in [-0.1, -0.05) is 0 Å². The van der Waals surface area contributed by atoms with Gasteiger partial charge in [0.05, 0.1) is 13.8 Å². The first kappa shape index (κ1) is 5.98. The molecule has 0 rings (SSSR count). The Morgan fingerprint density at radius 1 is 1.14 bits per heavy atom. The van der Waals surface area contributed by atoms with Crippen molar-refractivity contribution in [3.8, 4) is 0 Å². The Morgan fingerprint density at radius 2 is 1.43 bits per heavy atom. The average Bonchev–Trinajstić information content (AvgIpc) is 1.68. The van der Waals surface area contributed by atoms with Crippen molar-refractivity contribution >= 4 is 0 Å². The van der Waals surface area contributed by atoms with Crippen LogP contribution in [0, 0.1) is 13.1 Å². The Hall–Kier alpha value is -1.02. The predicted molar refractivity (Wildman–Crippen MR) is 27.3 cm³/mol. The van der Waals surface area contributed by atoms with Gasteiger partial charge in [0, 0.05) is 0 Å². The van der Waals surface area contributed by atoms with E-state index < -0.39 is 5.66 Å². The van der Waals surface area contributed by atoms with Gasteiger partial charge >= 0.3 is 5.66 Å². The van der Waals surface area contributed by atoms with Crippen molar-refractivity contribution in [3.63, 3.8) is 0 Å². The van der Waals surface area contributed by atoms with E-state index in [9.17, 15) is 0 Å². The Balaban J connectivity index is 4.00. The van der Waals surface area contributed by atoms with Gasteiger partial charge in [-0.05, 0) is 0 Å². The molecular weight excluding hydrogens is 88.1 g/mol. The smallest absolute Gasteiger partial charge is 0.231 e. The SMILES string of the molecule is [C-]#[N+]C(C)(C)[N+]#[C-]. The standard InChI is InChI=1S/C5H6N2/c1-5(2,6-3)7-4/h1-2H3. The van der Waals surface area contributed by atoms with Crippen molar-refractivity contribution in [2.75, 3.05) is 0 Å². The summed E-state index contributed by atoms with van der Waals surface area (Å²) < 4.78 is 0. The first-order chi connectivity index (χ1) is 3.12. The normalized spacial score (nSPS) is 9.14. The molecule has 2 heteroatoms. The largest absolute Gasteiger partial charge is 0.476 e. The lowest BCUT2D eigenvalue weighted by Crippen LogP contribution is -2.04. The van der Waals surface area contributed by atoms with Crippen molar-refractivity contribution in [1.82, 2.24) is 0 Å². The number of hydrogen-bond donors (Lipinski definition) is 0. The van der Waals surface area contributed by atoms with Crippen LogP contribution in [-0.2, 0) is 0 Å². The summed E-state index contributed by atoms with van der Waals surface area (Å²) in [6.07, 6.45) is 0. The van der Waals surface area contributed by atoms with Crippen LogP contribution in [0.15, 0.2) is 0 Å². The van der Waals surface area contributed by atoms with Gasteiger partial charge in [0.1, 0.15) is 0 Å². The summed E-state index contributed by atoms with van der Waals surface area (Å²) in [5, 5.41) is 0. The first-order valence-electron chi connectivity index (χ1n) is 1.89. The van der Waals surface area contributed by atoms with E-state index in [4.69, 9.17) is 13.1 Å². The second kappa shape index (κ2) is 1.62. The predicted octanol–water partition coefficient (Wildman–Crippen LogP) is 1.56. The minimum atomic E-state index is -0.833. The highest BCUT2D eigenvalue weighted by Gasteiger charge is 2.26. The summed E-state index contributed by atoms with van der Waals surface area (Å²) in [5.74, 6) is 0. The summed E-state index contributed by atoms with van der Waals surface area (Å²) in [5.41, 5.74) is -0.833. The molecule has 0 saturated carbocycles. The molecule has 0 heterocycles. The maximum atomic E-state index is 6.42. The quantitative estimate of drug-likeness (QED) is 0.403. The molecule has 0 aliphatic carbocycles. The zero-order chi connectivity index (χ0) is 5.91. The monoisotopic (exact) mass is 94.1 g/mol. The molecule has 0 aromatic heterocycles. The molecule has 0 atom stereocenters. The van der Waals surface area contributed by atoms with Gasteiger partial charge in [0.15, 0.2) is 0 Å². The molecule has 36 valence electrons. The van der Waals surface area contributed by atoms with Gasteiger partial charge in [-0.2, -0.15) is 0 Å². The van der Waals surface area contributed by atoms with Crippen LogP contribution in [-0.4, -0.2) is 5.66 Å². The Labute approximate surface area is 43.4 Å². The topological polar surface area (TPSA) is 8.72 Å². The minimum Gasteiger partial charge on any atom is -0.231 e. The lowest BCUT2D eigenvalue weighted by molar-refractivity contribution is 0.767. The van der Waals surface area contributed by atoms with Crippen molar-refractivity contribution in [3.05, 3.63) is 22.8 Å². The maximum Gasteiger partial charge on any atom is 0.476 e. The Morgan fingerprint density at radius 3 is 1.43 bits per heavy atom. The van der Waals surface area contributed by atoms with Crippen LogP contribution in [0.5, 0.6) is 0 Å². The molecule has 0 fully saturated rings. The third kappa shape index (κ3) is 1.78. The number of hydrogen-bond acceptors (Lipinski definition) is 0. The number of rotatable bonds is 0. The van der Waals surface area contributed by atoms with E-state index >= 15 is 0 Å². The molecule has 0 saturated heterocycles. The molecular formula is C5H6N2. The molecule has 0 aliphatic heterocycles. The van der Waals surface area contributed by atoms with Gasteiger partial charge in [-0.3, -0.25) is 0 Å². The first-order valence-corrected chi connectivity index (χ1v) is 1.89. The van der Waals surface area contributed by atoms with Crippen LogP contribution < -0.4 is 0 Å². The molecule has 0 aromatic rings. The Kier molecular flexibility index (Phi) is 1.38. The van der Waals surface area contributed by atoms with Crippen molar-refractivity contribution < 1.29 is 0 Å².